The third-order valence-electron chi connectivity index (χ3n) is 2.17. The quantitative estimate of drug-likeness (QED) is 0.586. The summed E-state index contributed by atoms with van der Waals surface area (Å²) in [5, 5.41) is 0. The number of nitrogens with zero attached hydrogens (tertiary/aromatic N) is 1. The van der Waals surface area contributed by atoms with Crippen molar-refractivity contribution in [1.82, 2.24) is 4.90 Å². The minimum Gasteiger partial charge on any atom is -0.378 e. The lowest BCUT2D eigenvalue weighted by Crippen LogP contribution is -2.46. The number of ether oxygens (including phenoxy) is 1. The molecule has 0 amide bonds. The molecule has 0 N–H and O–H groups in total. The van der Waals surface area contributed by atoms with Gasteiger partial charge in [0, 0.05) is 19.0 Å². The predicted molar refractivity (Wildman–Crippen MR) is 50.3 cm³/mol. The zero-order valence-corrected chi connectivity index (χ0v) is 7.95. The Morgan fingerprint density at radius 2 is 2.54 bits per heavy atom. The van der Waals surface area contributed by atoms with Crippen molar-refractivity contribution in [2.45, 2.75) is 19.4 Å². The van der Waals surface area contributed by atoms with E-state index < -0.39 is 0 Å². The summed E-state index contributed by atoms with van der Waals surface area (Å²) < 4.78 is 5.30. The molecule has 1 rings (SSSR count). The summed E-state index contributed by atoms with van der Waals surface area (Å²) in [5.74, 6) is 2.79. The Morgan fingerprint density at radius 3 is 3.15 bits per heavy atom. The first-order valence-corrected chi connectivity index (χ1v) is 4.48. The molecule has 3 heteroatoms. The molecule has 1 saturated heterocycles. The normalized spacial score (nSPS) is 23.8. The van der Waals surface area contributed by atoms with Crippen LogP contribution in [0.3, 0.4) is 0 Å². The van der Waals surface area contributed by atoms with E-state index in [9.17, 15) is 4.79 Å². The number of hydrogen-bond acceptors (Lipinski definition) is 3. The molecule has 0 bridgehead atoms. The van der Waals surface area contributed by atoms with Crippen LogP contribution < -0.4 is 0 Å². The van der Waals surface area contributed by atoms with Gasteiger partial charge in [0.15, 0.2) is 0 Å². The highest BCUT2D eigenvalue weighted by Gasteiger charge is 2.22. The Hall–Kier alpha value is -0.850. The number of rotatable bonds is 3. The summed E-state index contributed by atoms with van der Waals surface area (Å²) in [4.78, 5) is 13.1. The number of hydrogen-bond donors (Lipinski definition) is 0. The van der Waals surface area contributed by atoms with Crippen molar-refractivity contribution in [3.05, 3.63) is 0 Å². The van der Waals surface area contributed by atoms with Gasteiger partial charge in [-0.15, -0.1) is 6.42 Å². The highest BCUT2D eigenvalue weighted by molar-refractivity contribution is 5.76. The summed E-state index contributed by atoms with van der Waals surface area (Å²) in [5.41, 5.74) is 0. The molecule has 0 spiro atoms. The number of carbonyl (C=O) groups excluding carboxylic acids is 1. The maximum absolute atomic E-state index is 10.9. The van der Waals surface area contributed by atoms with E-state index >= 15 is 0 Å². The first-order valence-electron chi connectivity index (χ1n) is 4.48. The minimum atomic E-state index is 0.183. The molecule has 0 aromatic carbocycles. The molecule has 0 saturated carbocycles. The van der Waals surface area contributed by atoms with E-state index in [1.807, 2.05) is 0 Å². The van der Waals surface area contributed by atoms with Gasteiger partial charge in [0.05, 0.1) is 19.8 Å². The molecule has 1 heterocycles. The Kier molecular flexibility index (Phi) is 3.94. The Balaban J connectivity index is 2.47. The standard InChI is InChI=1S/C10H15NO2/c1-3-4-11-5-6-13-8-10(11)7-9(2)12/h1,10H,4-8H2,2H3. The topological polar surface area (TPSA) is 29.5 Å². The van der Waals surface area contributed by atoms with Crippen LogP contribution in [-0.4, -0.2) is 43.0 Å². The largest absolute Gasteiger partial charge is 0.378 e. The molecule has 0 aromatic rings. The second-order valence-corrected chi connectivity index (χ2v) is 3.31. The van der Waals surface area contributed by atoms with Crippen LogP contribution in [0.15, 0.2) is 0 Å². The van der Waals surface area contributed by atoms with Crippen molar-refractivity contribution >= 4 is 5.78 Å². The van der Waals surface area contributed by atoms with Gasteiger partial charge in [0.1, 0.15) is 5.78 Å². The van der Waals surface area contributed by atoms with Crippen molar-refractivity contribution < 1.29 is 9.53 Å². The van der Waals surface area contributed by atoms with Gasteiger partial charge in [0.25, 0.3) is 0 Å². The van der Waals surface area contributed by atoms with Crippen LogP contribution in [0.2, 0.25) is 0 Å². The molecule has 1 fully saturated rings. The van der Waals surface area contributed by atoms with Crippen LogP contribution in [0.25, 0.3) is 0 Å². The van der Waals surface area contributed by atoms with Gasteiger partial charge in [0.2, 0.25) is 0 Å². The smallest absolute Gasteiger partial charge is 0.131 e. The molecule has 3 nitrogen and oxygen atoms in total. The Morgan fingerprint density at radius 1 is 1.77 bits per heavy atom. The lowest BCUT2D eigenvalue weighted by atomic mass is 10.1. The van der Waals surface area contributed by atoms with E-state index in [0.29, 0.717) is 19.6 Å². The van der Waals surface area contributed by atoms with Gasteiger partial charge in [-0.25, -0.2) is 0 Å². The van der Waals surface area contributed by atoms with Crippen LogP contribution >= 0.6 is 0 Å². The van der Waals surface area contributed by atoms with Gasteiger partial charge in [-0.3, -0.25) is 9.69 Å². The van der Waals surface area contributed by atoms with Crippen molar-refractivity contribution in [2.75, 3.05) is 26.3 Å². The lowest BCUT2D eigenvalue weighted by Gasteiger charge is -2.33. The maximum Gasteiger partial charge on any atom is 0.131 e. The van der Waals surface area contributed by atoms with E-state index in [-0.39, 0.29) is 11.8 Å². The number of morpholine rings is 1. The summed E-state index contributed by atoms with van der Waals surface area (Å²) in [6.45, 7) is 4.39. The second-order valence-electron chi connectivity index (χ2n) is 3.31. The molecule has 1 atom stereocenters. The maximum atomic E-state index is 10.9. The molecule has 1 unspecified atom stereocenters. The fourth-order valence-corrected chi connectivity index (χ4v) is 1.53. The van der Waals surface area contributed by atoms with Crippen molar-refractivity contribution in [2.24, 2.45) is 0 Å². The van der Waals surface area contributed by atoms with Crippen LogP contribution in [0, 0.1) is 12.3 Å². The van der Waals surface area contributed by atoms with Crippen molar-refractivity contribution in [3.8, 4) is 12.3 Å². The molecule has 0 radical (unpaired) electrons. The monoisotopic (exact) mass is 181 g/mol. The molecule has 0 aromatic heterocycles. The summed E-state index contributed by atoms with van der Waals surface area (Å²) in [7, 11) is 0. The number of terminal acetylenes is 1. The molecule has 72 valence electrons. The molecule has 1 aliphatic rings. The van der Waals surface area contributed by atoms with Gasteiger partial charge < -0.3 is 4.74 Å². The molecule has 0 aliphatic carbocycles. The van der Waals surface area contributed by atoms with Gasteiger partial charge in [-0.2, -0.15) is 0 Å². The fourth-order valence-electron chi connectivity index (χ4n) is 1.53. The van der Waals surface area contributed by atoms with Crippen LogP contribution in [-0.2, 0) is 9.53 Å². The van der Waals surface area contributed by atoms with Gasteiger partial charge >= 0.3 is 0 Å². The van der Waals surface area contributed by atoms with Gasteiger partial charge in [-0.1, -0.05) is 5.92 Å². The number of ketones is 1. The Labute approximate surface area is 79.1 Å². The van der Waals surface area contributed by atoms with Crippen LogP contribution in [0.1, 0.15) is 13.3 Å². The highest BCUT2D eigenvalue weighted by atomic mass is 16.5. The predicted octanol–water partition coefficient (Wildman–Crippen LogP) is 0.299. The van der Waals surface area contributed by atoms with Crippen molar-refractivity contribution in [1.29, 1.82) is 0 Å². The van der Waals surface area contributed by atoms with E-state index in [1.165, 1.54) is 0 Å². The number of carbonyl (C=O) groups is 1. The third kappa shape index (κ3) is 3.17. The Bertz CT molecular complexity index is 219. The van der Waals surface area contributed by atoms with Crippen LogP contribution in [0.5, 0.6) is 0 Å². The highest BCUT2D eigenvalue weighted by Crippen LogP contribution is 2.09. The van der Waals surface area contributed by atoms with E-state index in [2.05, 4.69) is 10.8 Å². The number of Topliss-reactive ketones (excluding diaryl/α,β-unsaturated/α-hetero) is 1. The van der Waals surface area contributed by atoms with E-state index in [4.69, 9.17) is 11.2 Å². The summed E-state index contributed by atoms with van der Waals surface area (Å²) in [6.07, 6.45) is 5.78. The summed E-state index contributed by atoms with van der Waals surface area (Å²) in [6, 6.07) is 0.183. The van der Waals surface area contributed by atoms with Crippen LogP contribution in [0.4, 0.5) is 0 Å². The van der Waals surface area contributed by atoms with E-state index in [1.54, 1.807) is 6.92 Å². The first kappa shape index (κ1) is 10.2. The van der Waals surface area contributed by atoms with Gasteiger partial charge in [-0.05, 0) is 6.92 Å². The SMILES string of the molecule is C#CCN1CCOCC1CC(C)=O. The van der Waals surface area contributed by atoms with E-state index in [0.717, 1.165) is 13.2 Å². The molecular formula is C10H15NO2. The molecular weight excluding hydrogens is 166 g/mol. The molecule has 1 aliphatic heterocycles. The molecule has 13 heavy (non-hydrogen) atoms. The minimum absolute atomic E-state index is 0.183. The van der Waals surface area contributed by atoms with Crippen molar-refractivity contribution in [3.63, 3.8) is 0 Å². The fraction of sp³-hybridized carbons (Fsp3) is 0.700. The second kappa shape index (κ2) is 5.00. The first-order chi connectivity index (χ1) is 6.24. The zero-order chi connectivity index (χ0) is 9.68. The summed E-state index contributed by atoms with van der Waals surface area (Å²) >= 11 is 0. The average molecular weight is 181 g/mol. The lowest BCUT2D eigenvalue weighted by molar-refractivity contribution is -0.119. The zero-order valence-electron chi connectivity index (χ0n) is 7.95. The third-order valence-corrected chi connectivity index (χ3v) is 2.17. The average Bonchev–Trinajstić information content (AvgIpc) is 2.08.